The van der Waals surface area contributed by atoms with Crippen molar-refractivity contribution in [3.05, 3.63) is 0 Å². The van der Waals surface area contributed by atoms with Crippen molar-refractivity contribution in [1.82, 2.24) is 4.90 Å². The maximum absolute atomic E-state index is 11.5. The molecule has 1 fully saturated rings. The van der Waals surface area contributed by atoms with Crippen molar-refractivity contribution in [3.8, 4) is 0 Å². The molecule has 0 bridgehead atoms. The van der Waals surface area contributed by atoms with Gasteiger partial charge in [0.1, 0.15) is 0 Å². The molecule has 1 unspecified atom stereocenters. The van der Waals surface area contributed by atoms with Crippen molar-refractivity contribution < 1.29 is 9.53 Å². The lowest BCUT2D eigenvalue weighted by molar-refractivity contribution is -0.147. The van der Waals surface area contributed by atoms with E-state index in [1.807, 2.05) is 0 Å². The minimum Gasteiger partial charge on any atom is -0.469 e. The average molecular weight is 255 g/mol. The highest BCUT2D eigenvalue weighted by Crippen LogP contribution is 2.21. The molecule has 3 heteroatoms. The molecule has 0 aromatic carbocycles. The molecule has 0 aromatic heterocycles. The number of ether oxygens (including phenoxy) is 1. The number of rotatable bonds is 7. The summed E-state index contributed by atoms with van der Waals surface area (Å²) in [6.07, 6.45) is 7.20. The normalized spacial score (nSPS) is 19.7. The lowest BCUT2D eigenvalue weighted by Gasteiger charge is -2.33. The highest BCUT2D eigenvalue weighted by molar-refractivity contribution is 5.72. The minimum absolute atomic E-state index is 0.0207. The van der Waals surface area contributed by atoms with Gasteiger partial charge in [-0.2, -0.15) is 0 Å². The largest absolute Gasteiger partial charge is 0.469 e. The zero-order chi connectivity index (χ0) is 13.4. The monoisotopic (exact) mass is 255 g/mol. The van der Waals surface area contributed by atoms with Gasteiger partial charge in [0.15, 0.2) is 0 Å². The molecule has 0 spiro atoms. The zero-order valence-corrected chi connectivity index (χ0v) is 12.3. The summed E-state index contributed by atoms with van der Waals surface area (Å²) >= 11 is 0. The maximum atomic E-state index is 11.5. The molecule has 0 amide bonds. The minimum atomic E-state index is -0.0207. The van der Waals surface area contributed by atoms with Crippen molar-refractivity contribution in [3.63, 3.8) is 0 Å². The molecule has 1 heterocycles. The van der Waals surface area contributed by atoms with Crippen LogP contribution in [0.4, 0.5) is 0 Å². The van der Waals surface area contributed by atoms with Gasteiger partial charge in [0, 0.05) is 6.54 Å². The Labute approximate surface area is 112 Å². The summed E-state index contributed by atoms with van der Waals surface area (Å²) in [5.41, 5.74) is 0. The molecule has 106 valence electrons. The first-order chi connectivity index (χ1) is 8.71. The highest BCUT2D eigenvalue weighted by Gasteiger charge is 2.26. The predicted octanol–water partition coefficient (Wildman–Crippen LogP) is 3.09. The molecule has 0 aliphatic carbocycles. The van der Waals surface area contributed by atoms with E-state index in [1.54, 1.807) is 0 Å². The molecule has 1 aliphatic heterocycles. The summed E-state index contributed by atoms with van der Waals surface area (Å²) in [6, 6.07) is 0. The number of hydrogen-bond donors (Lipinski definition) is 0. The van der Waals surface area contributed by atoms with Crippen molar-refractivity contribution in [2.45, 2.75) is 52.4 Å². The Morgan fingerprint density at radius 3 is 2.50 bits per heavy atom. The fourth-order valence-corrected chi connectivity index (χ4v) is 2.80. The molecule has 1 atom stereocenters. The topological polar surface area (TPSA) is 29.5 Å². The lowest BCUT2D eigenvalue weighted by Crippen LogP contribution is -2.39. The third kappa shape index (κ3) is 4.97. The van der Waals surface area contributed by atoms with Gasteiger partial charge in [0.2, 0.25) is 0 Å². The zero-order valence-electron chi connectivity index (χ0n) is 12.3. The van der Waals surface area contributed by atoms with E-state index in [9.17, 15) is 4.79 Å². The molecule has 3 nitrogen and oxygen atoms in total. The van der Waals surface area contributed by atoms with E-state index in [4.69, 9.17) is 4.74 Å². The number of piperidine rings is 1. The molecule has 1 rings (SSSR count). The van der Waals surface area contributed by atoms with Crippen LogP contribution in [0.2, 0.25) is 0 Å². The molecular formula is C15H29NO2. The first kappa shape index (κ1) is 15.5. The van der Waals surface area contributed by atoms with Crippen LogP contribution in [0.5, 0.6) is 0 Å². The van der Waals surface area contributed by atoms with E-state index in [0.29, 0.717) is 0 Å². The van der Waals surface area contributed by atoms with Crippen LogP contribution in [0.25, 0.3) is 0 Å². The number of carbonyl (C=O) groups excluding carboxylic acids is 1. The third-order valence-electron chi connectivity index (χ3n) is 4.18. The van der Waals surface area contributed by atoms with E-state index in [1.165, 1.54) is 39.3 Å². The smallest absolute Gasteiger partial charge is 0.308 e. The fourth-order valence-electron chi connectivity index (χ4n) is 2.80. The number of methoxy groups -OCH3 is 1. The van der Waals surface area contributed by atoms with Crippen molar-refractivity contribution in [1.29, 1.82) is 0 Å². The van der Waals surface area contributed by atoms with Gasteiger partial charge in [0.25, 0.3) is 0 Å². The Hall–Kier alpha value is -0.570. The van der Waals surface area contributed by atoms with Crippen molar-refractivity contribution >= 4 is 5.97 Å². The number of hydrogen-bond acceptors (Lipinski definition) is 3. The van der Waals surface area contributed by atoms with Crippen LogP contribution in [0, 0.1) is 11.8 Å². The number of unbranched alkanes of at least 4 members (excludes halogenated alkanes) is 1. The van der Waals surface area contributed by atoms with Gasteiger partial charge in [0.05, 0.1) is 13.0 Å². The third-order valence-corrected chi connectivity index (χ3v) is 4.18. The Morgan fingerprint density at radius 1 is 1.33 bits per heavy atom. The molecule has 0 aromatic rings. The second kappa shape index (κ2) is 8.52. The van der Waals surface area contributed by atoms with Crippen LogP contribution in [-0.2, 0) is 9.53 Å². The van der Waals surface area contributed by atoms with Crippen LogP contribution in [0.1, 0.15) is 52.4 Å². The summed E-state index contributed by atoms with van der Waals surface area (Å²) in [4.78, 5) is 14.0. The molecule has 0 N–H and O–H groups in total. The van der Waals surface area contributed by atoms with Crippen molar-refractivity contribution in [2.24, 2.45) is 11.8 Å². The average Bonchev–Trinajstić information content (AvgIpc) is 2.43. The predicted molar refractivity (Wildman–Crippen MR) is 74.5 cm³/mol. The Balaban J connectivity index is 2.27. The molecule has 0 radical (unpaired) electrons. The fraction of sp³-hybridized carbons (Fsp3) is 0.933. The number of nitrogens with zero attached hydrogens (tertiary/aromatic N) is 1. The van der Waals surface area contributed by atoms with Gasteiger partial charge in [-0.25, -0.2) is 0 Å². The summed E-state index contributed by atoms with van der Waals surface area (Å²) in [7, 11) is 1.49. The summed E-state index contributed by atoms with van der Waals surface area (Å²) in [5, 5.41) is 0. The summed E-state index contributed by atoms with van der Waals surface area (Å²) in [6.45, 7) is 7.88. The van der Waals surface area contributed by atoms with E-state index >= 15 is 0 Å². The quantitative estimate of drug-likeness (QED) is 0.655. The molecule has 1 saturated heterocycles. The van der Waals surface area contributed by atoms with E-state index < -0.39 is 0 Å². The second-order valence-corrected chi connectivity index (χ2v) is 5.51. The van der Waals surface area contributed by atoms with Crippen LogP contribution in [-0.4, -0.2) is 37.6 Å². The molecule has 18 heavy (non-hydrogen) atoms. The van der Waals surface area contributed by atoms with Crippen molar-refractivity contribution in [2.75, 3.05) is 26.7 Å². The Bertz CT molecular complexity index is 235. The molecule has 1 aliphatic rings. The van der Waals surface area contributed by atoms with Gasteiger partial charge in [-0.3, -0.25) is 4.79 Å². The van der Waals surface area contributed by atoms with Gasteiger partial charge >= 0.3 is 5.97 Å². The van der Waals surface area contributed by atoms with Gasteiger partial charge in [-0.1, -0.05) is 33.1 Å². The molecule has 0 saturated carbocycles. The lowest BCUT2D eigenvalue weighted by atomic mass is 9.94. The number of esters is 1. The van der Waals surface area contributed by atoms with Gasteiger partial charge in [-0.05, 0) is 38.3 Å². The van der Waals surface area contributed by atoms with E-state index in [0.717, 1.165) is 31.8 Å². The van der Waals surface area contributed by atoms with Gasteiger partial charge in [-0.15, -0.1) is 0 Å². The van der Waals surface area contributed by atoms with Crippen LogP contribution >= 0.6 is 0 Å². The Morgan fingerprint density at radius 2 is 2.00 bits per heavy atom. The summed E-state index contributed by atoms with van der Waals surface area (Å²) in [5.74, 6) is 0.953. The first-order valence-corrected chi connectivity index (χ1v) is 7.51. The van der Waals surface area contributed by atoms with E-state index in [-0.39, 0.29) is 11.9 Å². The highest BCUT2D eigenvalue weighted by atomic mass is 16.5. The first-order valence-electron chi connectivity index (χ1n) is 7.51. The van der Waals surface area contributed by atoms with E-state index in [2.05, 4.69) is 18.7 Å². The number of likely N-dealkylation sites (tertiary alicyclic amines) is 1. The Kier molecular flexibility index (Phi) is 7.33. The maximum Gasteiger partial charge on any atom is 0.308 e. The van der Waals surface area contributed by atoms with Crippen LogP contribution < -0.4 is 0 Å². The summed E-state index contributed by atoms with van der Waals surface area (Å²) < 4.78 is 4.82. The SMILES string of the molecule is CCCCC(CC)CN1CCC(C(=O)OC)CC1. The second-order valence-electron chi connectivity index (χ2n) is 5.51. The standard InChI is InChI=1S/C15H29NO2/c1-4-6-7-13(5-2)12-16-10-8-14(9-11-16)15(17)18-3/h13-14H,4-12H2,1-3H3. The molecular weight excluding hydrogens is 226 g/mol. The van der Waals surface area contributed by atoms with Crippen LogP contribution in [0.15, 0.2) is 0 Å². The van der Waals surface area contributed by atoms with Gasteiger partial charge < -0.3 is 9.64 Å². The number of carbonyl (C=O) groups is 1. The van der Waals surface area contributed by atoms with Crippen LogP contribution in [0.3, 0.4) is 0 Å².